The van der Waals surface area contributed by atoms with Gasteiger partial charge in [0.05, 0.1) is 12.8 Å². The molecular formula is C24H34FN5O. The smallest absolute Gasteiger partial charge is 0.149 e. The minimum atomic E-state index is -0.315. The predicted octanol–water partition coefficient (Wildman–Crippen LogP) is 4.45. The molecular weight excluding hydrogens is 393 g/mol. The van der Waals surface area contributed by atoms with Crippen molar-refractivity contribution in [3.63, 3.8) is 0 Å². The second kappa shape index (κ2) is 10.4. The van der Waals surface area contributed by atoms with Gasteiger partial charge in [0.15, 0.2) is 0 Å². The third kappa shape index (κ3) is 6.37. The van der Waals surface area contributed by atoms with E-state index in [2.05, 4.69) is 32.8 Å². The van der Waals surface area contributed by atoms with Crippen molar-refractivity contribution in [2.75, 3.05) is 30.9 Å². The van der Waals surface area contributed by atoms with Gasteiger partial charge in [-0.2, -0.15) is 0 Å². The minimum Gasteiger partial charge on any atom is -0.383 e. The molecule has 2 aliphatic carbocycles. The summed E-state index contributed by atoms with van der Waals surface area (Å²) in [5.74, 6) is 1.96. The Kier molecular flexibility index (Phi) is 7.35. The molecule has 0 saturated heterocycles. The molecule has 7 heteroatoms. The van der Waals surface area contributed by atoms with Crippen LogP contribution in [0.2, 0.25) is 0 Å². The first-order valence-electron chi connectivity index (χ1n) is 11.5. The van der Waals surface area contributed by atoms with Gasteiger partial charge in [0, 0.05) is 43.5 Å². The fraction of sp³-hybridized carbons (Fsp3) is 0.583. The monoisotopic (exact) mass is 427 g/mol. The van der Waals surface area contributed by atoms with E-state index < -0.39 is 0 Å². The van der Waals surface area contributed by atoms with Crippen LogP contribution in [0.1, 0.15) is 45.4 Å². The van der Waals surface area contributed by atoms with E-state index in [-0.39, 0.29) is 5.82 Å². The van der Waals surface area contributed by atoms with Crippen LogP contribution in [0.3, 0.4) is 0 Å². The summed E-state index contributed by atoms with van der Waals surface area (Å²) >= 11 is 0. The minimum absolute atomic E-state index is 0.315. The molecule has 0 bridgehead atoms. The van der Waals surface area contributed by atoms with E-state index in [4.69, 9.17) is 4.74 Å². The van der Waals surface area contributed by atoms with Gasteiger partial charge < -0.3 is 20.7 Å². The predicted molar refractivity (Wildman–Crippen MR) is 123 cm³/mol. The molecule has 31 heavy (non-hydrogen) atoms. The van der Waals surface area contributed by atoms with E-state index in [0.29, 0.717) is 23.7 Å². The standard InChI is InChI=1S/C24H34FN5O/c1-16(15-31-2)29-19-5-7-20(8-6-19)30-24-12-21(22(25)14-28-24)18-9-10-26-23(11-18)27-13-17-3-4-17/h9-12,14,16-17,19-20,29H,3-8,13,15H2,1-2H3,(H,26,27)(H,28,30)/t16-,19?,20?/m0/s1. The Morgan fingerprint density at radius 2 is 1.84 bits per heavy atom. The molecule has 2 aliphatic rings. The molecule has 2 aromatic heterocycles. The van der Waals surface area contributed by atoms with Crippen molar-refractivity contribution in [1.29, 1.82) is 0 Å². The molecule has 3 N–H and O–H groups in total. The molecule has 0 amide bonds. The Morgan fingerprint density at radius 3 is 2.58 bits per heavy atom. The highest BCUT2D eigenvalue weighted by Crippen LogP contribution is 2.30. The molecule has 6 nitrogen and oxygen atoms in total. The van der Waals surface area contributed by atoms with Crippen molar-refractivity contribution >= 4 is 11.6 Å². The van der Waals surface area contributed by atoms with Crippen molar-refractivity contribution in [1.82, 2.24) is 15.3 Å². The maximum Gasteiger partial charge on any atom is 0.149 e. The number of rotatable bonds is 10. The van der Waals surface area contributed by atoms with E-state index in [1.54, 1.807) is 13.3 Å². The SMILES string of the molecule is COC[C@H](C)NC1CCC(Nc2cc(-c3ccnc(NCC4CC4)c3)c(F)cn2)CC1. The number of nitrogens with one attached hydrogen (secondary N) is 3. The van der Waals surface area contributed by atoms with Crippen molar-refractivity contribution < 1.29 is 9.13 Å². The molecule has 4 rings (SSSR count). The van der Waals surface area contributed by atoms with Crippen LogP contribution < -0.4 is 16.0 Å². The normalized spacial score (nSPS) is 22.2. The second-order valence-corrected chi connectivity index (χ2v) is 9.02. The molecule has 2 aromatic rings. The average Bonchev–Trinajstić information content (AvgIpc) is 3.60. The van der Waals surface area contributed by atoms with Crippen molar-refractivity contribution in [2.24, 2.45) is 5.92 Å². The van der Waals surface area contributed by atoms with Gasteiger partial charge in [0.1, 0.15) is 17.5 Å². The highest BCUT2D eigenvalue weighted by molar-refractivity contribution is 5.69. The number of aromatic nitrogens is 2. The first-order valence-corrected chi connectivity index (χ1v) is 11.5. The fourth-order valence-corrected chi connectivity index (χ4v) is 4.32. The van der Waals surface area contributed by atoms with E-state index in [9.17, 15) is 4.39 Å². The highest BCUT2D eigenvalue weighted by Gasteiger charge is 2.23. The number of anilines is 2. The Morgan fingerprint density at radius 1 is 1.06 bits per heavy atom. The number of hydrogen-bond acceptors (Lipinski definition) is 6. The van der Waals surface area contributed by atoms with Crippen LogP contribution in [0.4, 0.5) is 16.0 Å². The summed E-state index contributed by atoms with van der Waals surface area (Å²) in [6.45, 7) is 3.82. The maximum absolute atomic E-state index is 14.6. The molecule has 0 unspecified atom stereocenters. The summed E-state index contributed by atoms with van der Waals surface area (Å²) < 4.78 is 19.8. The van der Waals surface area contributed by atoms with Gasteiger partial charge in [0.2, 0.25) is 0 Å². The zero-order chi connectivity index (χ0) is 21.6. The largest absolute Gasteiger partial charge is 0.383 e. The lowest BCUT2D eigenvalue weighted by Crippen LogP contribution is -2.42. The van der Waals surface area contributed by atoms with Crippen LogP contribution in [0.25, 0.3) is 11.1 Å². The molecule has 2 saturated carbocycles. The number of pyridine rings is 2. The molecule has 0 radical (unpaired) electrons. The molecule has 168 valence electrons. The van der Waals surface area contributed by atoms with Crippen LogP contribution in [-0.4, -0.2) is 48.4 Å². The molecule has 0 spiro atoms. The van der Waals surface area contributed by atoms with E-state index in [0.717, 1.165) is 62.0 Å². The van der Waals surface area contributed by atoms with E-state index >= 15 is 0 Å². The summed E-state index contributed by atoms with van der Waals surface area (Å²) in [6, 6.07) is 6.84. The average molecular weight is 428 g/mol. The Bertz CT molecular complexity index is 852. The zero-order valence-electron chi connectivity index (χ0n) is 18.5. The molecule has 0 aliphatic heterocycles. The number of ether oxygens (including phenoxy) is 1. The highest BCUT2D eigenvalue weighted by atomic mass is 19.1. The Hall–Kier alpha value is -2.25. The zero-order valence-corrected chi connectivity index (χ0v) is 18.5. The Labute approximate surface area is 184 Å². The van der Waals surface area contributed by atoms with Gasteiger partial charge in [-0.3, -0.25) is 0 Å². The molecule has 2 heterocycles. The summed E-state index contributed by atoms with van der Waals surface area (Å²) in [5.41, 5.74) is 1.37. The lowest BCUT2D eigenvalue weighted by atomic mass is 9.90. The van der Waals surface area contributed by atoms with Gasteiger partial charge in [-0.25, -0.2) is 14.4 Å². The van der Waals surface area contributed by atoms with Crippen LogP contribution in [0, 0.1) is 11.7 Å². The third-order valence-electron chi connectivity index (χ3n) is 6.21. The number of nitrogens with zero attached hydrogens (tertiary/aromatic N) is 2. The van der Waals surface area contributed by atoms with Crippen LogP contribution in [-0.2, 0) is 4.74 Å². The first-order chi connectivity index (χ1) is 15.1. The number of hydrogen-bond donors (Lipinski definition) is 3. The van der Waals surface area contributed by atoms with Crippen LogP contribution in [0.15, 0.2) is 30.6 Å². The quantitative estimate of drug-likeness (QED) is 0.520. The van der Waals surface area contributed by atoms with Crippen molar-refractivity contribution in [3.8, 4) is 11.1 Å². The summed E-state index contributed by atoms with van der Waals surface area (Å²) in [5, 5.41) is 10.5. The van der Waals surface area contributed by atoms with E-state index in [1.807, 2.05) is 18.2 Å². The first kappa shape index (κ1) is 22.0. The summed E-state index contributed by atoms with van der Waals surface area (Å²) in [6.07, 6.45) is 9.97. The number of methoxy groups -OCH3 is 1. The molecule has 2 fully saturated rings. The lowest BCUT2D eigenvalue weighted by Gasteiger charge is -2.31. The Balaban J connectivity index is 1.35. The van der Waals surface area contributed by atoms with Gasteiger partial charge >= 0.3 is 0 Å². The van der Waals surface area contributed by atoms with Crippen LogP contribution >= 0.6 is 0 Å². The topological polar surface area (TPSA) is 71.1 Å². The lowest BCUT2D eigenvalue weighted by molar-refractivity contribution is 0.161. The fourth-order valence-electron chi connectivity index (χ4n) is 4.32. The van der Waals surface area contributed by atoms with Crippen molar-refractivity contribution in [3.05, 3.63) is 36.4 Å². The van der Waals surface area contributed by atoms with Crippen LogP contribution in [0.5, 0.6) is 0 Å². The number of halogens is 1. The second-order valence-electron chi connectivity index (χ2n) is 9.02. The van der Waals surface area contributed by atoms with Gasteiger partial charge in [-0.1, -0.05) is 0 Å². The van der Waals surface area contributed by atoms with Crippen molar-refractivity contribution in [2.45, 2.75) is 63.6 Å². The van der Waals surface area contributed by atoms with Gasteiger partial charge in [0.25, 0.3) is 0 Å². The maximum atomic E-state index is 14.6. The molecule has 0 aromatic carbocycles. The summed E-state index contributed by atoms with van der Waals surface area (Å²) in [7, 11) is 1.74. The van der Waals surface area contributed by atoms with Gasteiger partial charge in [-0.05, 0) is 75.1 Å². The van der Waals surface area contributed by atoms with E-state index in [1.165, 1.54) is 19.0 Å². The molecule has 1 atom stereocenters. The van der Waals surface area contributed by atoms with Gasteiger partial charge in [-0.15, -0.1) is 0 Å². The summed E-state index contributed by atoms with van der Waals surface area (Å²) in [4.78, 5) is 8.66. The third-order valence-corrected chi connectivity index (χ3v) is 6.21.